The van der Waals surface area contributed by atoms with Crippen LogP contribution in [0.2, 0.25) is 0 Å². The number of rotatable bonds is 5. The molecule has 0 radical (unpaired) electrons. The van der Waals surface area contributed by atoms with Crippen LogP contribution in [-0.4, -0.2) is 16.9 Å². The highest BCUT2D eigenvalue weighted by Crippen LogP contribution is 2.37. The number of nitrogens with two attached hydrogens (primary N) is 1. The maximum Gasteiger partial charge on any atom is 0.233 e. The normalized spacial score (nSPS) is 19.0. The van der Waals surface area contributed by atoms with E-state index in [1.54, 1.807) is 11.3 Å². The van der Waals surface area contributed by atoms with E-state index >= 15 is 0 Å². The van der Waals surface area contributed by atoms with Crippen molar-refractivity contribution in [3.8, 4) is 0 Å². The van der Waals surface area contributed by atoms with E-state index in [0.717, 1.165) is 32.1 Å². The third-order valence-electron chi connectivity index (χ3n) is 4.29. The van der Waals surface area contributed by atoms with Crippen molar-refractivity contribution >= 4 is 34.5 Å². The summed E-state index contributed by atoms with van der Waals surface area (Å²) in [6, 6.07) is 4.35. The maximum atomic E-state index is 12.7. The van der Waals surface area contributed by atoms with Gasteiger partial charge in [-0.1, -0.05) is 31.5 Å². The average molecular weight is 325 g/mol. The molecule has 3 N–H and O–H groups in total. The standard InChI is InChI=1S/C16H24N2OS2/c1-11(10-13-7-6-12(2)21-13)18-15(19)16(14(17)20)8-4-3-5-9-16/h6-7,11H,3-5,8-10H2,1-2H3,(H2,17,20)(H,18,19). The fraction of sp³-hybridized carbons (Fsp3) is 0.625. The van der Waals surface area contributed by atoms with Gasteiger partial charge in [0.15, 0.2) is 0 Å². The fourth-order valence-electron chi connectivity index (χ4n) is 3.05. The minimum atomic E-state index is -0.618. The lowest BCUT2D eigenvalue weighted by molar-refractivity contribution is -0.129. The fourth-order valence-corrected chi connectivity index (χ4v) is 4.37. The van der Waals surface area contributed by atoms with Crippen LogP contribution in [0.4, 0.5) is 0 Å². The van der Waals surface area contributed by atoms with Crippen LogP contribution in [0, 0.1) is 12.3 Å². The van der Waals surface area contributed by atoms with E-state index in [1.165, 1.54) is 16.2 Å². The molecule has 0 aromatic carbocycles. The minimum Gasteiger partial charge on any atom is -0.392 e. The molecule has 1 aromatic rings. The van der Waals surface area contributed by atoms with Crippen LogP contribution in [0.25, 0.3) is 0 Å². The molecule has 2 rings (SSSR count). The summed E-state index contributed by atoms with van der Waals surface area (Å²) in [4.78, 5) is 15.7. The van der Waals surface area contributed by atoms with Crippen molar-refractivity contribution in [3.63, 3.8) is 0 Å². The van der Waals surface area contributed by atoms with Crippen LogP contribution in [0.3, 0.4) is 0 Å². The second kappa shape index (κ2) is 6.88. The Morgan fingerprint density at radius 1 is 1.43 bits per heavy atom. The lowest BCUT2D eigenvalue weighted by atomic mass is 9.73. The molecule has 3 nitrogen and oxygen atoms in total. The lowest BCUT2D eigenvalue weighted by Gasteiger charge is -2.35. The van der Waals surface area contributed by atoms with Gasteiger partial charge in [-0.05, 0) is 38.8 Å². The number of thiophene rings is 1. The number of hydrogen-bond acceptors (Lipinski definition) is 3. The van der Waals surface area contributed by atoms with Crippen molar-refractivity contribution in [1.82, 2.24) is 5.32 Å². The summed E-state index contributed by atoms with van der Waals surface area (Å²) >= 11 is 6.99. The number of amides is 1. The Balaban J connectivity index is 1.99. The van der Waals surface area contributed by atoms with Crippen LogP contribution in [-0.2, 0) is 11.2 Å². The SMILES string of the molecule is Cc1ccc(CC(C)NC(=O)C2(C(N)=S)CCCCC2)s1. The molecular formula is C16H24N2OS2. The van der Waals surface area contributed by atoms with E-state index in [4.69, 9.17) is 18.0 Å². The van der Waals surface area contributed by atoms with Gasteiger partial charge in [-0.2, -0.15) is 0 Å². The molecule has 1 amide bonds. The Bertz CT molecular complexity index is 518. The van der Waals surface area contributed by atoms with Crippen molar-refractivity contribution in [1.29, 1.82) is 0 Å². The van der Waals surface area contributed by atoms with Gasteiger partial charge < -0.3 is 11.1 Å². The molecule has 1 aliphatic rings. The first-order valence-corrected chi connectivity index (χ1v) is 8.83. The van der Waals surface area contributed by atoms with E-state index in [-0.39, 0.29) is 11.9 Å². The minimum absolute atomic E-state index is 0.0236. The Morgan fingerprint density at radius 2 is 2.10 bits per heavy atom. The summed E-state index contributed by atoms with van der Waals surface area (Å²) in [7, 11) is 0. The third-order valence-corrected chi connectivity index (χ3v) is 5.71. The molecule has 21 heavy (non-hydrogen) atoms. The zero-order valence-corrected chi connectivity index (χ0v) is 14.4. The van der Waals surface area contributed by atoms with Gasteiger partial charge in [0.2, 0.25) is 5.91 Å². The average Bonchev–Trinajstić information content (AvgIpc) is 2.84. The second-order valence-corrected chi connectivity index (χ2v) is 7.91. The highest BCUT2D eigenvalue weighted by Gasteiger charge is 2.42. The highest BCUT2D eigenvalue weighted by atomic mass is 32.1. The van der Waals surface area contributed by atoms with Crippen LogP contribution in [0.5, 0.6) is 0 Å². The molecule has 0 aliphatic heterocycles. The quantitative estimate of drug-likeness (QED) is 0.817. The maximum absolute atomic E-state index is 12.7. The molecule has 1 aromatic heterocycles. The van der Waals surface area contributed by atoms with E-state index in [1.807, 2.05) is 6.92 Å². The van der Waals surface area contributed by atoms with Crippen molar-refractivity contribution < 1.29 is 4.79 Å². The molecule has 1 aliphatic carbocycles. The molecule has 5 heteroatoms. The van der Waals surface area contributed by atoms with Crippen LogP contribution >= 0.6 is 23.6 Å². The number of aryl methyl sites for hydroxylation is 1. The molecule has 116 valence electrons. The number of nitrogens with one attached hydrogen (secondary N) is 1. The van der Waals surface area contributed by atoms with Crippen molar-refractivity contribution in [2.75, 3.05) is 0 Å². The predicted octanol–water partition coefficient (Wildman–Crippen LogP) is 3.34. The number of thiocarbonyl (C=S) groups is 1. The molecule has 1 saturated carbocycles. The number of carbonyl (C=O) groups is 1. The van der Waals surface area contributed by atoms with E-state index in [0.29, 0.717) is 4.99 Å². The number of carbonyl (C=O) groups excluding carboxylic acids is 1. The first kappa shape index (κ1) is 16.4. The summed E-state index contributed by atoms with van der Waals surface area (Å²) in [5.41, 5.74) is 5.29. The van der Waals surface area contributed by atoms with Crippen LogP contribution in [0.15, 0.2) is 12.1 Å². The Hall–Kier alpha value is -0.940. The van der Waals surface area contributed by atoms with E-state index < -0.39 is 5.41 Å². The molecule has 0 spiro atoms. The third kappa shape index (κ3) is 3.83. The number of hydrogen-bond donors (Lipinski definition) is 2. The predicted molar refractivity (Wildman–Crippen MR) is 92.7 cm³/mol. The van der Waals surface area contributed by atoms with Gasteiger partial charge in [0.25, 0.3) is 0 Å². The largest absolute Gasteiger partial charge is 0.392 e. The molecular weight excluding hydrogens is 300 g/mol. The van der Waals surface area contributed by atoms with Crippen molar-refractivity contribution in [2.45, 2.75) is 58.4 Å². The first-order valence-electron chi connectivity index (χ1n) is 7.60. The Labute approximate surface area is 136 Å². The van der Waals surface area contributed by atoms with E-state index in [2.05, 4.69) is 24.4 Å². The first-order chi connectivity index (χ1) is 9.94. The van der Waals surface area contributed by atoms with Gasteiger partial charge in [0.1, 0.15) is 0 Å². The summed E-state index contributed by atoms with van der Waals surface area (Å²) in [6.07, 6.45) is 5.67. The summed E-state index contributed by atoms with van der Waals surface area (Å²) < 4.78 is 0. The van der Waals surface area contributed by atoms with Crippen LogP contribution in [0.1, 0.15) is 48.8 Å². The lowest BCUT2D eigenvalue weighted by Crippen LogP contribution is -2.52. The van der Waals surface area contributed by atoms with Crippen molar-refractivity contribution in [2.24, 2.45) is 11.1 Å². The molecule has 1 heterocycles. The zero-order chi connectivity index (χ0) is 15.5. The van der Waals surface area contributed by atoms with Gasteiger partial charge in [0.05, 0.1) is 10.4 Å². The molecule has 1 fully saturated rings. The topological polar surface area (TPSA) is 55.1 Å². The van der Waals surface area contributed by atoms with Crippen LogP contribution < -0.4 is 11.1 Å². The zero-order valence-electron chi connectivity index (χ0n) is 12.8. The second-order valence-electron chi connectivity index (χ2n) is 6.10. The van der Waals surface area contributed by atoms with Gasteiger partial charge in [-0.15, -0.1) is 11.3 Å². The molecule has 0 bridgehead atoms. The Kier molecular flexibility index (Phi) is 5.38. The monoisotopic (exact) mass is 324 g/mol. The molecule has 0 saturated heterocycles. The van der Waals surface area contributed by atoms with Gasteiger partial charge in [0, 0.05) is 22.2 Å². The summed E-state index contributed by atoms with van der Waals surface area (Å²) in [5, 5.41) is 3.13. The van der Waals surface area contributed by atoms with Gasteiger partial charge in [-0.3, -0.25) is 4.79 Å². The molecule has 1 unspecified atom stereocenters. The highest BCUT2D eigenvalue weighted by molar-refractivity contribution is 7.80. The Morgan fingerprint density at radius 3 is 2.62 bits per heavy atom. The summed E-state index contributed by atoms with van der Waals surface area (Å²) in [6.45, 7) is 4.14. The van der Waals surface area contributed by atoms with Gasteiger partial charge in [-0.25, -0.2) is 0 Å². The molecule has 1 atom stereocenters. The van der Waals surface area contributed by atoms with E-state index in [9.17, 15) is 4.79 Å². The van der Waals surface area contributed by atoms with Gasteiger partial charge >= 0.3 is 0 Å². The summed E-state index contributed by atoms with van der Waals surface area (Å²) in [5.74, 6) is 0.0236. The van der Waals surface area contributed by atoms with Crippen molar-refractivity contribution in [3.05, 3.63) is 21.9 Å². The smallest absolute Gasteiger partial charge is 0.233 e.